The topological polar surface area (TPSA) is 4.93 Å². The summed E-state index contributed by atoms with van der Waals surface area (Å²) in [6.45, 7) is 6.90. The van der Waals surface area contributed by atoms with Gasteiger partial charge in [-0.15, -0.1) is 0 Å². The van der Waals surface area contributed by atoms with Crippen LogP contribution in [0.25, 0.3) is 33.8 Å². The van der Waals surface area contributed by atoms with Gasteiger partial charge in [-0.2, -0.15) is 0 Å². The lowest BCUT2D eigenvalue weighted by atomic mass is 9.82. The van der Waals surface area contributed by atoms with Gasteiger partial charge in [-0.3, -0.25) is 0 Å². The lowest BCUT2D eigenvalue weighted by molar-refractivity contribution is 0.660. The molecule has 2 aliphatic carbocycles. The number of hydrogen-bond donors (Lipinski definition) is 0. The summed E-state index contributed by atoms with van der Waals surface area (Å²) in [6.07, 6.45) is 6.89. The average molecular weight is 376 g/mol. The van der Waals surface area contributed by atoms with Gasteiger partial charge in [0.2, 0.25) is 0 Å². The molecule has 4 aromatic rings. The first kappa shape index (κ1) is 16.9. The second-order valence-electron chi connectivity index (χ2n) is 9.06. The molecule has 0 aliphatic heterocycles. The summed E-state index contributed by atoms with van der Waals surface area (Å²) >= 11 is 0. The van der Waals surface area contributed by atoms with Crippen molar-refractivity contribution in [3.05, 3.63) is 94.7 Å². The van der Waals surface area contributed by atoms with Crippen LogP contribution in [0.15, 0.2) is 66.7 Å². The standard InChI is InChI=1S/C28H25N/c1-18-12-14-23-22-9-5-7-11-26(22)29(27(23)16-18)19-13-15-21-20-8-4-6-10-24(20)28(2,3)25(21)17-19/h4,6-8,10-17H,5,9H2,1-3H3. The number of benzene rings is 3. The van der Waals surface area contributed by atoms with Gasteiger partial charge in [0.25, 0.3) is 0 Å². The fraction of sp³-hybridized carbons (Fsp3) is 0.214. The maximum Gasteiger partial charge on any atom is 0.0540 e. The van der Waals surface area contributed by atoms with E-state index in [0.29, 0.717) is 0 Å². The molecule has 6 rings (SSSR count). The highest BCUT2D eigenvalue weighted by Crippen LogP contribution is 2.49. The second kappa shape index (κ2) is 5.73. The molecule has 0 radical (unpaired) electrons. The smallest absolute Gasteiger partial charge is 0.0540 e. The highest BCUT2D eigenvalue weighted by molar-refractivity contribution is 5.91. The van der Waals surface area contributed by atoms with Crippen LogP contribution in [0.2, 0.25) is 0 Å². The van der Waals surface area contributed by atoms with E-state index in [-0.39, 0.29) is 5.41 Å². The Kier molecular flexibility index (Phi) is 3.33. The zero-order valence-corrected chi connectivity index (χ0v) is 17.3. The summed E-state index contributed by atoms with van der Waals surface area (Å²) in [7, 11) is 0. The van der Waals surface area contributed by atoms with Crippen molar-refractivity contribution in [2.45, 2.75) is 39.0 Å². The molecule has 0 saturated heterocycles. The molecular formula is C28H25N. The Labute approximate surface area is 172 Å². The quantitative estimate of drug-likeness (QED) is 0.331. The molecule has 0 bridgehead atoms. The van der Waals surface area contributed by atoms with E-state index in [2.05, 4.69) is 98.2 Å². The van der Waals surface area contributed by atoms with Crippen LogP contribution in [0.1, 0.15) is 48.2 Å². The molecule has 1 heteroatoms. The van der Waals surface area contributed by atoms with E-state index in [1.807, 2.05) is 0 Å². The van der Waals surface area contributed by atoms with Crippen molar-refractivity contribution in [1.29, 1.82) is 0 Å². The molecule has 0 unspecified atom stereocenters. The monoisotopic (exact) mass is 375 g/mol. The highest BCUT2D eigenvalue weighted by Gasteiger charge is 2.35. The predicted molar refractivity (Wildman–Crippen MR) is 123 cm³/mol. The van der Waals surface area contributed by atoms with Crippen molar-refractivity contribution >= 4 is 17.0 Å². The van der Waals surface area contributed by atoms with E-state index in [4.69, 9.17) is 0 Å². The van der Waals surface area contributed by atoms with E-state index >= 15 is 0 Å². The lowest BCUT2D eigenvalue weighted by Crippen LogP contribution is -2.15. The first-order valence-electron chi connectivity index (χ1n) is 10.6. The molecule has 3 aromatic carbocycles. The second-order valence-corrected chi connectivity index (χ2v) is 9.06. The van der Waals surface area contributed by atoms with Crippen LogP contribution in [-0.2, 0) is 11.8 Å². The summed E-state index contributed by atoms with van der Waals surface area (Å²) in [5, 5.41) is 1.40. The Bertz CT molecular complexity index is 1330. The van der Waals surface area contributed by atoms with Crippen LogP contribution in [0.3, 0.4) is 0 Å². The minimum Gasteiger partial charge on any atom is -0.310 e. The number of aromatic nitrogens is 1. The molecule has 1 aromatic heterocycles. The summed E-state index contributed by atoms with van der Waals surface area (Å²) in [6, 6.07) is 22.8. The van der Waals surface area contributed by atoms with Crippen molar-refractivity contribution in [2.75, 3.05) is 0 Å². The van der Waals surface area contributed by atoms with Crippen molar-refractivity contribution in [3.63, 3.8) is 0 Å². The third-order valence-electron chi connectivity index (χ3n) is 6.93. The van der Waals surface area contributed by atoms with Crippen LogP contribution < -0.4 is 0 Å². The van der Waals surface area contributed by atoms with Gasteiger partial charge in [0, 0.05) is 22.2 Å². The Morgan fingerprint density at radius 2 is 1.69 bits per heavy atom. The zero-order valence-electron chi connectivity index (χ0n) is 17.3. The Morgan fingerprint density at radius 3 is 2.59 bits per heavy atom. The Morgan fingerprint density at radius 1 is 0.862 bits per heavy atom. The molecule has 2 aliphatic rings. The Hall–Kier alpha value is -3.06. The van der Waals surface area contributed by atoms with Gasteiger partial charge in [0.05, 0.1) is 5.52 Å². The van der Waals surface area contributed by atoms with Crippen LogP contribution in [0.5, 0.6) is 0 Å². The predicted octanol–water partition coefficient (Wildman–Crippen LogP) is 7.20. The summed E-state index contributed by atoms with van der Waals surface area (Å²) in [4.78, 5) is 0. The Balaban J connectivity index is 1.65. The van der Waals surface area contributed by atoms with Crippen molar-refractivity contribution in [3.8, 4) is 16.8 Å². The third kappa shape index (κ3) is 2.22. The van der Waals surface area contributed by atoms with Gasteiger partial charge in [-0.1, -0.05) is 62.4 Å². The minimum absolute atomic E-state index is 0.0245. The molecule has 0 amide bonds. The van der Waals surface area contributed by atoms with E-state index in [0.717, 1.165) is 12.8 Å². The van der Waals surface area contributed by atoms with E-state index in [9.17, 15) is 0 Å². The fourth-order valence-electron chi connectivity index (χ4n) is 5.45. The summed E-state index contributed by atoms with van der Waals surface area (Å²) in [5.74, 6) is 0. The average Bonchev–Trinajstić information content (AvgIpc) is 3.17. The normalized spacial score (nSPS) is 16.0. The number of allylic oxidation sites excluding steroid dienone is 1. The maximum atomic E-state index is 2.48. The molecule has 29 heavy (non-hydrogen) atoms. The first-order valence-corrected chi connectivity index (χ1v) is 10.6. The molecule has 0 atom stereocenters. The number of aryl methyl sites for hydroxylation is 2. The van der Waals surface area contributed by atoms with Crippen molar-refractivity contribution in [1.82, 2.24) is 4.57 Å². The van der Waals surface area contributed by atoms with Gasteiger partial charge in [-0.05, 0) is 77.4 Å². The van der Waals surface area contributed by atoms with Crippen LogP contribution in [-0.4, -0.2) is 4.57 Å². The van der Waals surface area contributed by atoms with Gasteiger partial charge in [0.1, 0.15) is 0 Å². The third-order valence-corrected chi connectivity index (χ3v) is 6.93. The van der Waals surface area contributed by atoms with Crippen LogP contribution in [0.4, 0.5) is 0 Å². The molecule has 0 N–H and O–H groups in total. The van der Waals surface area contributed by atoms with Gasteiger partial charge < -0.3 is 4.57 Å². The fourth-order valence-corrected chi connectivity index (χ4v) is 5.45. The molecule has 0 saturated carbocycles. The van der Waals surface area contributed by atoms with Crippen molar-refractivity contribution < 1.29 is 0 Å². The number of nitrogens with zero attached hydrogens (tertiary/aromatic N) is 1. The van der Waals surface area contributed by atoms with Gasteiger partial charge in [0.15, 0.2) is 0 Å². The summed E-state index contributed by atoms with van der Waals surface area (Å²) < 4.78 is 2.48. The largest absolute Gasteiger partial charge is 0.310 e. The number of hydrogen-bond acceptors (Lipinski definition) is 0. The number of rotatable bonds is 1. The molecule has 142 valence electrons. The van der Waals surface area contributed by atoms with E-state index in [1.165, 1.54) is 55.7 Å². The molecule has 1 heterocycles. The van der Waals surface area contributed by atoms with E-state index in [1.54, 1.807) is 0 Å². The van der Waals surface area contributed by atoms with Gasteiger partial charge >= 0.3 is 0 Å². The van der Waals surface area contributed by atoms with Gasteiger partial charge in [-0.25, -0.2) is 0 Å². The van der Waals surface area contributed by atoms with E-state index < -0.39 is 0 Å². The first-order chi connectivity index (χ1) is 14.1. The number of fused-ring (bicyclic) bond motifs is 6. The summed E-state index contributed by atoms with van der Waals surface area (Å²) in [5.41, 5.74) is 12.4. The van der Waals surface area contributed by atoms with Crippen molar-refractivity contribution in [2.24, 2.45) is 0 Å². The molecular weight excluding hydrogens is 350 g/mol. The minimum atomic E-state index is 0.0245. The van der Waals surface area contributed by atoms with Crippen LogP contribution in [0, 0.1) is 6.92 Å². The maximum absolute atomic E-state index is 2.48. The molecule has 0 spiro atoms. The van der Waals surface area contributed by atoms with Crippen LogP contribution >= 0.6 is 0 Å². The lowest BCUT2D eigenvalue weighted by Gasteiger charge is -2.22. The molecule has 1 nitrogen and oxygen atoms in total. The SMILES string of the molecule is Cc1ccc2c3c(n(-c4ccc5c(c4)C(C)(C)c4ccccc4-5)c2c1)C=CCC3. The highest BCUT2D eigenvalue weighted by atomic mass is 15.0. The molecule has 0 fully saturated rings. The zero-order chi connectivity index (χ0) is 19.8.